The van der Waals surface area contributed by atoms with Gasteiger partial charge in [-0.25, -0.2) is 0 Å². The quantitative estimate of drug-likeness (QED) is 0.499. The van der Waals surface area contributed by atoms with Gasteiger partial charge in [0, 0.05) is 0 Å². The van der Waals surface area contributed by atoms with E-state index in [1.807, 2.05) is 0 Å². The zero-order valence-electron chi connectivity index (χ0n) is 4.35. The Morgan fingerprint density at radius 1 is 1.86 bits per heavy atom. The molecule has 0 amide bonds. The number of rotatable bonds is 3. The summed E-state index contributed by atoms with van der Waals surface area (Å²) in [5.74, 6) is 0.587. The van der Waals surface area contributed by atoms with Gasteiger partial charge in [0.05, 0.1) is 20.0 Å². The Balaban J connectivity index is 2.68. The van der Waals surface area contributed by atoms with Crippen LogP contribution in [0.4, 0.5) is 0 Å². The van der Waals surface area contributed by atoms with Crippen molar-refractivity contribution in [2.75, 3.05) is 18.6 Å². The summed E-state index contributed by atoms with van der Waals surface area (Å²) in [4.78, 5) is 0. The number of hydrogen-bond acceptors (Lipinski definition) is 2. The lowest BCUT2D eigenvalue weighted by Gasteiger charge is -2.01. The first-order valence-electron chi connectivity index (χ1n) is 1.94. The maximum absolute atomic E-state index is 10.2. The van der Waals surface area contributed by atoms with Crippen LogP contribution in [-0.4, -0.2) is 23.2 Å². The zero-order chi connectivity index (χ0) is 5.70. The molecule has 0 fully saturated rings. The molecule has 0 aromatic rings. The summed E-state index contributed by atoms with van der Waals surface area (Å²) in [5, 5.41) is 0. The van der Waals surface area contributed by atoms with Crippen LogP contribution in [0.25, 0.3) is 0 Å². The summed E-state index contributed by atoms with van der Waals surface area (Å²) in [6.07, 6.45) is 1.64. The fourth-order valence-electron chi connectivity index (χ4n) is 0.176. The minimum atomic E-state index is -0.730. The second-order valence-corrected chi connectivity index (χ2v) is 2.74. The van der Waals surface area contributed by atoms with E-state index in [1.165, 1.54) is 0 Å². The Hall–Kier alpha value is 0.270. The Bertz CT molecular complexity index is 38.7. The monoisotopic (exact) mass is 121 g/mol. The minimum Gasteiger partial charge on any atom is -0.616 e. The molecule has 0 N–H and O–H groups in total. The molecule has 0 aliphatic carbocycles. The molecule has 0 saturated heterocycles. The molecule has 1 radical (unpaired) electrons. The third-order valence-corrected chi connectivity index (χ3v) is 1.26. The highest BCUT2D eigenvalue weighted by molar-refractivity contribution is 7.90. The molecule has 2 nitrogen and oxygen atoms in total. The second-order valence-electron chi connectivity index (χ2n) is 1.19. The topological polar surface area (TPSA) is 32.3 Å². The predicted molar refractivity (Wildman–Crippen MR) is 30.2 cm³/mol. The summed E-state index contributed by atoms with van der Waals surface area (Å²) < 4.78 is 14.6. The molecule has 43 valence electrons. The van der Waals surface area contributed by atoms with Crippen LogP contribution in [0.5, 0.6) is 0 Å². The number of ether oxygens (including phenoxy) is 1. The Kier molecular flexibility index (Phi) is 4.60. The maximum atomic E-state index is 10.2. The summed E-state index contributed by atoms with van der Waals surface area (Å²) in [6, 6.07) is 0. The van der Waals surface area contributed by atoms with Gasteiger partial charge in [-0.05, 0) is 0 Å². The van der Waals surface area contributed by atoms with Gasteiger partial charge in [-0.2, -0.15) is 0 Å². The fourth-order valence-corrected chi connectivity index (χ4v) is 0.529. The van der Waals surface area contributed by atoms with Gasteiger partial charge in [0.15, 0.2) is 0 Å². The van der Waals surface area contributed by atoms with Gasteiger partial charge in [0.1, 0.15) is 5.75 Å². The molecule has 0 spiro atoms. The van der Waals surface area contributed by atoms with Crippen LogP contribution in [0.3, 0.4) is 0 Å². The van der Waals surface area contributed by atoms with E-state index >= 15 is 0 Å². The lowest BCUT2D eigenvalue weighted by molar-refractivity contribution is 0.263. The molecule has 0 aromatic carbocycles. The van der Waals surface area contributed by atoms with Crippen LogP contribution < -0.4 is 0 Å². The zero-order valence-corrected chi connectivity index (χ0v) is 5.16. The molecule has 0 saturated carbocycles. The summed E-state index contributed by atoms with van der Waals surface area (Å²) in [7, 11) is 3.12. The average molecular weight is 121 g/mol. The highest BCUT2D eigenvalue weighted by Gasteiger charge is 1.91. The van der Waals surface area contributed by atoms with Crippen molar-refractivity contribution in [2.24, 2.45) is 0 Å². The first-order chi connectivity index (χ1) is 3.27. The molecule has 0 heterocycles. The summed E-state index contributed by atoms with van der Waals surface area (Å²) in [6.45, 7) is 0.489. The van der Waals surface area contributed by atoms with Crippen molar-refractivity contribution >= 4 is 11.2 Å². The lowest BCUT2D eigenvalue weighted by atomic mass is 10.9. The Labute approximate surface area is 47.0 Å². The van der Waals surface area contributed by atoms with Gasteiger partial charge in [0.25, 0.3) is 0 Å². The molecule has 0 aliphatic rings. The van der Waals surface area contributed by atoms with Gasteiger partial charge in [-0.3, -0.25) is 0 Å². The summed E-state index contributed by atoms with van der Waals surface area (Å²) in [5.41, 5.74) is 0. The third-order valence-electron chi connectivity index (χ3n) is 0.515. The van der Waals surface area contributed by atoms with E-state index < -0.39 is 11.2 Å². The smallest absolute Gasteiger partial charge is 0.128 e. The van der Waals surface area contributed by atoms with Crippen LogP contribution in [-0.2, 0) is 15.9 Å². The number of hydrogen-bond donors (Lipinski definition) is 0. The van der Waals surface area contributed by atoms with E-state index in [0.29, 0.717) is 12.4 Å². The van der Waals surface area contributed by atoms with E-state index in [0.717, 1.165) is 0 Å². The van der Waals surface area contributed by atoms with Gasteiger partial charge in [-0.15, -0.1) is 0 Å². The van der Waals surface area contributed by atoms with Crippen molar-refractivity contribution < 1.29 is 9.29 Å². The van der Waals surface area contributed by atoms with Crippen LogP contribution in [0.1, 0.15) is 0 Å². The average Bonchev–Trinajstić information content (AvgIpc) is 1.61. The molecular formula is C4H9O2S. The molecule has 0 aromatic heterocycles. The minimum absolute atomic E-state index is 0.489. The SMILES string of the molecule is [CH2]OCC[S+](C)[O-]. The molecule has 0 aliphatic heterocycles. The van der Waals surface area contributed by atoms with E-state index in [4.69, 9.17) is 0 Å². The summed E-state index contributed by atoms with van der Waals surface area (Å²) >= 11 is -0.730. The van der Waals surface area contributed by atoms with Crippen molar-refractivity contribution in [3.8, 4) is 0 Å². The van der Waals surface area contributed by atoms with E-state index in [2.05, 4.69) is 11.8 Å². The molecule has 1 atom stereocenters. The highest BCUT2D eigenvalue weighted by atomic mass is 32.2. The maximum Gasteiger partial charge on any atom is 0.128 e. The molecule has 1 unspecified atom stereocenters. The van der Waals surface area contributed by atoms with E-state index in [-0.39, 0.29) is 0 Å². The van der Waals surface area contributed by atoms with Crippen LogP contribution in [0.2, 0.25) is 0 Å². The van der Waals surface area contributed by atoms with E-state index in [9.17, 15) is 4.55 Å². The van der Waals surface area contributed by atoms with Crippen molar-refractivity contribution in [1.82, 2.24) is 0 Å². The van der Waals surface area contributed by atoms with Crippen LogP contribution >= 0.6 is 0 Å². The first-order valence-corrected chi connectivity index (χ1v) is 3.67. The van der Waals surface area contributed by atoms with Gasteiger partial charge in [-0.1, -0.05) is 11.2 Å². The lowest BCUT2D eigenvalue weighted by Crippen LogP contribution is -2.07. The van der Waals surface area contributed by atoms with E-state index in [1.54, 1.807) is 6.26 Å². The molecular weight excluding hydrogens is 112 g/mol. The Morgan fingerprint density at radius 3 is 2.57 bits per heavy atom. The fraction of sp³-hybridized carbons (Fsp3) is 0.750. The van der Waals surface area contributed by atoms with Crippen LogP contribution in [0.15, 0.2) is 0 Å². The van der Waals surface area contributed by atoms with Crippen LogP contribution in [0, 0.1) is 7.11 Å². The highest BCUT2D eigenvalue weighted by Crippen LogP contribution is 1.81. The molecule has 0 rings (SSSR count). The molecule has 3 heteroatoms. The van der Waals surface area contributed by atoms with Gasteiger partial charge in [0.2, 0.25) is 0 Å². The molecule has 0 bridgehead atoms. The molecule has 7 heavy (non-hydrogen) atoms. The normalized spacial score (nSPS) is 14.1. The standard InChI is InChI=1S/C4H9O2S/c1-6-3-4-7(2)5/h1,3-4H2,2H3. The van der Waals surface area contributed by atoms with Gasteiger partial charge < -0.3 is 9.29 Å². The Morgan fingerprint density at radius 2 is 2.43 bits per heavy atom. The first kappa shape index (κ1) is 7.27. The third kappa shape index (κ3) is 6.27. The van der Waals surface area contributed by atoms with Crippen molar-refractivity contribution in [3.05, 3.63) is 7.11 Å². The van der Waals surface area contributed by atoms with Crippen molar-refractivity contribution in [2.45, 2.75) is 0 Å². The predicted octanol–water partition coefficient (Wildman–Crippen LogP) is 0.173. The van der Waals surface area contributed by atoms with Crippen molar-refractivity contribution in [3.63, 3.8) is 0 Å². The van der Waals surface area contributed by atoms with Gasteiger partial charge >= 0.3 is 0 Å². The largest absolute Gasteiger partial charge is 0.616 e. The second kappa shape index (κ2) is 4.43. The van der Waals surface area contributed by atoms with Crippen molar-refractivity contribution in [1.29, 1.82) is 0 Å².